The highest BCUT2D eigenvalue weighted by molar-refractivity contribution is 5.85. The minimum atomic E-state index is -5.10. The van der Waals surface area contributed by atoms with E-state index in [0.717, 1.165) is 0 Å². The lowest BCUT2D eigenvalue weighted by Gasteiger charge is -2.27. The highest BCUT2D eigenvalue weighted by Crippen LogP contribution is 2.40. The second-order valence-corrected chi connectivity index (χ2v) is 4.50. The van der Waals surface area contributed by atoms with Crippen molar-refractivity contribution >= 4 is 12.4 Å². The molecular formula is C12H11ClF7NO. The zero-order valence-corrected chi connectivity index (χ0v) is 11.6. The Bertz CT molecular complexity index is 523. The van der Waals surface area contributed by atoms with Crippen molar-refractivity contribution < 1.29 is 35.5 Å². The molecule has 1 N–H and O–H groups in total. The number of benzene rings is 1. The number of ether oxygens (including phenoxy) is 1. The molecule has 1 heterocycles. The van der Waals surface area contributed by atoms with Gasteiger partial charge in [0.2, 0.25) is 0 Å². The van der Waals surface area contributed by atoms with Gasteiger partial charge in [0.05, 0.1) is 30.4 Å². The van der Waals surface area contributed by atoms with Crippen molar-refractivity contribution in [1.82, 2.24) is 5.32 Å². The van der Waals surface area contributed by atoms with Crippen molar-refractivity contribution in [3.05, 3.63) is 34.6 Å². The van der Waals surface area contributed by atoms with Crippen LogP contribution in [-0.4, -0.2) is 19.8 Å². The van der Waals surface area contributed by atoms with Gasteiger partial charge in [-0.15, -0.1) is 12.4 Å². The average Bonchev–Trinajstić information content (AvgIpc) is 2.36. The fourth-order valence-corrected chi connectivity index (χ4v) is 2.12. The van der Waals surface area contributed by atoms with Gasteiger partial charge in [-0.05, 0) is 12.1 Å². The third-order valence-electron chi connectivity index (χ3n) is 3.03. The lowest BCUT2D eigenvalue weighted by molar-refractivity contribution is -0.144. The molecule has 0 aliphatic carbocycles. The first kappa shape index (κ1) is 19.0. The zero-order chi connectivity index (χ0) is 15.8. The molecule has 0 amide bonds. The van der Waals surface area contributed by atoms with E-state index in [1.165, 1.54) is 0 Å². The minimum absolute atomic E-state index is 0. The van der Waals surface area contributed by atoms with Crippen LogP contribution in [0.3, 0.4) is 0 Å². The molecule has 1 atom stereocenters. The Morgan fingerprint density at radius 3 is 2.14 bits per heavy atom. The Balaban J connectivity index is 0.00000242. The fraction of sp³-hybridized carbons (Fsp3) is 0.500. The van der Waals surface area contributed by atoms with E-state index in [2.05, 4.69) is 5.32 Å². The molecule has 2 rings (SSSR count). The highest BCUT2D eigenvalue weighted by atomic mass is 35.5. The summed E-state index contributed by atoms with van der Waals surface area (Å²) in [6, 6.07) is -1.15. The van der Waals surface area contributed by atoms with Gasteiger partial charge in [0.25, 0.3) is 0 Å². The Labute approximate surface area is 127 Å². The second-order valence-electron chi connectivity index (χ2n) is 4.50. The van der Waals surface area contributed by atoms with E-state index in [9.17, 15) is 30.7 Å². The quantitative estimate of drug-likeness (QED) is 0.772. The summed E-state index contributed by atoms with van der Waals surface area (Å²) < 4.78 is 95.3. The van der Waals surface area contributed by atoms with Crippen molar-refractivity contribution in [3.8, 4) is 0 Å². The summed E-state index contributed by atoms with van der Waals surface area (Å²) in [7, 11) is 0. The van der Waals surface area contributed by atoms with Gasteiger partial charge in [0.15, 0.2) is 0 Å². The maximum atomic E-state index is 13.9. The normalized spacial score (nSPS) is 19.7. The molecule has 10 heteroatoms. The van der Waals surface area contributed by atoms with Crippen LogP contribution in [0.2, 0.25) is 0 Å². The van der Waals surface area contributed by atoms with Gasteiger partial charge in [-0.25, -0.2) is 4.39 Å². The molecule has 22 heavy (non-hydrogen) atoms. The molecule has 1 fully saturated rings. The predicted molar refractivity (Wildman–Crippen MR) is 65.2 cm³/mol. The van der Waals surface area contributed by atoms with Gasteiger partial charge in [-0.3, -0.25) is 0 Å². The van der Waals surface area contributed by atoms with Crippen LogP contribution in [0, 0.1) is 5.82 Å². The highest BCUT2D eigenvalue weighted by Gasteiger charge is 2.41. The van der Waals surface area contributed by atoms with Crippen LogP contribution in [0.4, 0.5) is 30.7 Å². The molecule has 1 aliphatic rings. The first-order valence-corrected chi connectivity index (χ1v) is 5.89. The van der Waals surface area contributed by atoms with Crippen LogP contribution in [0.1, 0.15) is 22.7 Å². The standard InChI is InChI=1S/C12H10F7NO.ClH/c13-8-4-6(11(14,15)16)3-7(12(17,18)19)10(8)9-5-21-2-1-20-9;/h3-4,9,20H,1-2,5H2;1H/t9-;/m1./s1. The molecule has 1 aliphatic heterocycles. The molecule has 0 aromatic heterocycles. The van der Waals surface area contributed by atoms with Gasteiger partial charge in [0, 0.05) is 12.1 Å². The van der Waals surface area contributed by atoms with E-state index in [4.69, 9.17) is 4.74 Å². The maximum Gasteiger partial charge on any atom is 0.416 e. The fourth-order valence-electron chi connectivity index (χ4n) is 2.12. The summed E-state index contributed by atoms with van der Waals surface area (Å²) in [5.74, 6) is -1.56. The van der Waals surface area contributed by atoms with E-state index < -0.39 is 40.9 Å². The predicted octanol–water partition coefficient (Wildman–Crippen LogP) is 3.95. The van der Waals surface area contributed by atoms with E-state index in [1.807, 2.05) is 0 Å². The number of hydrogen-bond acceptors (Lipinski definition) is 2. The number of halogens is 8. The monoisotopic (exact) mass is 353 g/mol. The summed E-state index contributed by atoms with van der Waals surface area (Å²) in [5, 5.41) is 2.60. The summed E-state index contributed by atoms with van der Waals surface area (Å²) in [6.45, 7) is 0.174. The van der Waals surface area contributed by atoms with Crippen molar-refractivity contribution in [2.75, 3.05) is 19.8 Å². The second kappa shape index (κ2) is 6.59. The lowest BCUT2D eigenvalue weighted by Crippen LogP contribution is -2.36. The Kier molecular flexibility index (Phi) is 5.69. The Hall–Kier alpha value is -1.06. The van der Waals surface area contributed by atoms with E-state index in [0.29, 0.717) is 0 Å². The number of hydrogen-bond donors (Lipinski definition) is 1. The van der Waals surface area contributed by atoms with Crippen LogP contribution < -0.4 is 5.32 Å². The summed E-state index contributed by atoms with van der Waals surface area (Å²) in [5.41, 5.74) is -4.17. The molecule has 0 bridgehead atoms. The molecule has 0 saturated carbocycles. The molecule has 1 saturated heterocycles. The minimum Gasteiger partial charge on any atom is -0.378 e. The van der Waals surface area contributed by atoms with Crippen molar-refractivity contribution in [1.29, 1.82) is 0 Å². The Morgan fingerprint density at radius 2 is 1.68 bits per heavy atom. The Morgan fingerprint density at radius 1 is 1.05 bits per heavy atom. The first-order valence-electron chi connectivity index (χ1n) is 5.89. The van der Waals surface area contributed by atoms with Gasteiger partial charge < -0.3 is 10.1 Å². The number of alkyl halides is 6. The summed E-state index contributed by atoms with van der Waals surface area (Å²) >= 11 is 0. The van der Waals surface area contributed by atoms with Crippen LogP contribution in [0.15, 0.2) is 12.1 Å². The van der Waals surface area contributed by atoms with E-state index in [-0.39, 0.29) is 44.3 Å². The third kappa shape index (κ3) is 4.02. The van der Waals surface area contributed by atoms with Crippen LogP contribution in [0.25, 0.3) is 0 Å². The molecule has 0 radical (unpaired) electrons. The first-order chi connectivity index (χ1) is 9.60. The number of rotatable bonds is 1. The molecule has 0 spiro atoms. The topological polar surface area (TPSA) is 21.3 Å². The molecule has 2 nitrogen and oxygen atoms in total. The molecule has 0 unspecified atom stereocenters. The largest absolute Gasteiger partial charge is 0.416 e. The van der Waals surface area contributed by atoms with Crippen molar-refractivity contribution in [2.45, 2.75) is 18.4 Å². The zero-order valence-electron chi connectivity index (χ0n) is 10.8. The molecule has 1 aromatic rings. The molecule has 1 aromatic carbocycles. The maximum absolute atomic E-state index is 13.9. The number of morpholine rings is 1. The number of nitrogens with one attached hydrogen (secondary N) is 1. The summed E-state index contributed by atoms with van der Waals surface area (Å²) in [4.78, 5) is 0. The smallest absolute Gasteiger partial charge is 0.378 e. The van der Waals surface area contributed by atoms with Crippen molar-refractivity contribution in [3.63, 3.8) is 0 Å². The van der Waals surface area contributed by atoms with E-state index in [1.54, 1.807) is 0 Å². The van der Waals surface area contributed by atoms with Gasteiger partial charge >= 0.3 is 12.4 Å². The average molecular weight is 354 g/mol. The SMILES string of the molecule is Cl.Fc1cc(C(F)(F)F)cc(C(F)(F)F)c1[C@H]1COCCN1. The molecule has 126 valence electrons. The van der Waals surface area contributed by atoms with Crippen LogP contribution in [0.5, 0.6) is 0 Å². The van der Waals surface area contributed by atoms with Gasteiger partial charge in [-0.1, -0.05) is 0 Å². The van der Waals surface area contributed by atoms with Crippen LogP contribution in [-0.2, 0) is 17.1 Å². The molecular weight excluding hydrogens is 343 g/mol. The van der Waals surface area contributed by atoms with Gasteiger partial charge in [0.1, 0.15) is 5.82 Å². The third-order valence-corrected chi connectivity index (χ3v) is 3.03. The van der Waals surface area contributed by atoms with E-state index >= 15 is 0 Å². The van der Waals surface area contributed by atoms with Crippen molar-refractivity contribution in [2.24, 2.45) is 0 Å². The summed E-state index contributed by atoms with van der Waals surface area (Å²) in [6.07, 6.45) is -10.2. The van der Waals surface area contributed by atoms with Crippen LogP contribution >= 0.6 is 12.4 Å². The van der Waals surface area contributed by atoms with Gasteiger partial charge in [-0.2, -0.15) is 26.3 Å². The lowest BCUT2D eigenvalue weighted by atomic mass is 9.96.